The Bertz CT molecular complexity index is 885. The maximum atomic E-state index is 11.1. The quantitative estimate of drug-likeness (QED) is 0.539. The Labute approximate surface area is 143 Å². The zero-order valence-electron chi connectivity index (χ0n) is 12.9. The fourth-order valence-corrected chi connectivity index (χ4v) is 2.81. The zero-order chi connectivity index (χ0) is 16.9. The molecule has 0 aliphatic rings. The monoisotopic (exact) mass is 337 g/mol. The number of nitrogens with one attached hydrogen (secondary N) is 1. The minimum Gasteiger partial charge on any atom is -0.478 e. The van der Waals surface area contributed by atoms with E-state index in [4.69, 9.17) is 5.11 Å². The van der Waals surface area contributed by atoms with Crippen LogP contribution in [0.5, 0.6) is 0 Å². The topological polar surface area (TPSA) is 74.6 Å². The molecule has 0 bridgehead atoms. The minimum absolute atomic E-state index is 0.211. The third-order valence-electron chi connectivity index (χ3n) is 3.41. The number of nitrogens with zero attached hydrogens (tertiary/aromatic N) is 2. The molecule has 0 unspecified atom stereocenters. The maximum Gasteiger partial charge on any atom is 0.336 e. The highest BCUT2D eigenvalue weighted by Crippen LogP contribution is 2.25. The summed E-state index contributed by atoms with van der Waals surface area (Å²) in [7, 11) is 0. The van der Waals surface area contributed by atoms with Crippen molar-refractivity contribution in [1.29, 1.82) is 0 Å². The van der Waals surface area contributed by atoms with E-state index in [0.717, 1.165) is 11.3 Å². The largest absolute Gasteiger partial charge is 0.478 e. The number of benzene rings is 2. The number of carboxylic acids is 1. The number of aryl methyl sites for hydroxylation is 1. The number of hydrogen-bond acceptors (Lipinski definition) is 5. The predicted molar refractivity (Wildman–Crippen MR) is 96.9 cm³/mol. The third kappa shape index (κ3) is 3.67. The summed E-state index contributed by atoms with van der Waals surface area (Å²) in [5.41, 5.74) is 6.72. The van der Waals surface area contributed by atoms with Crippen LogP contribution in [0.4, 0.5) is 5.13 Å². The number of aromatic carboxylic acids is 1. The molecule has 0 amide bonds. The molecule has 24 heavy (non-hydrogen) atoms. The van der Waals surface area contributed by atoms with Crippen molar-refractivity contribution >= 4 is 28.7 Å². The Morgan fingerprint density at radius 1 is 1.21 bits per heavy atom. The molecule has 3 rings (SSSR count). The van der Waals surface area contributed by atoms with E-state index in [9.17, 15) is 4.79 Å². The van der Waals surface area contributed by atoms with Crippen LogP contribution in [0.2, 0.25) is 0 Å². The minimum atomic E-state index is -0.979. The number of anilines is 1. The molecule has 120 valence electrons. The summed E-state index contributed by atoms with van der Waals surface area (Å²) < 4.78 is 0. The van der Waals surface area contributed by atoms with E-state index in [1.54, 1.807) is 24.3 Å². The molecule has 0 atom stereocenters. The lowest BCUT2D eigenvalue weighted by Crippen LogP contribution is -2.02. The molecule has 6 heteroatoms. The van der Waals surface area contributed by atoms with Crippen molar-refractivity contribution in [2.75, 3.05) is 5.43 Å². The lowest BCUT2D eigenvalue weighted by molar-refractivity contribution is 0.0697. The summed E-state index contributed by atoms with van der Waals surface area (Å²) >= 11 is 1.44. The summed E-state index contributed by atoms with van der Waals surface area (Å²) in [6, 6.07) is 14.8. The first-order valence-electron chi connectivity index (χ1n) is 7.27. The van der Waals surface area contributed by atoms with Crippen molar-refractivity contribution < 1.29 is 9.90 Å². The second-order valence-electron chi connectivity index (χ2n) is 5.17. The highest BCUT2D eigenvalue weighted by molar-refractivity contribution is 7.14. The van der Waals surface area contributed by atoms with Gasteiger partial charge in [-0.15, -0.1) is 11.3 Å². The van der Waals surface area contributed by atoms with Gasteiger partial charge in [0.05, 0.1) is 17.5 Å². The first-order valence-corrected chi connectivity index (χ1v) is 8.15. The first kappa shape index (κ1) is 15.9. The van der Waals surface area contributed by atoms with Crippen LogP contribution >= 0.6 is 11.3 Å². The molecule has 5 nitrogen and oxygen atoms in total. The smallest absolute Gasteiger partial charge is 0.336 e. The van der Waals surface area contributed by atoms with E-state index in [1.807, 2.05) is 36.6 Å². The van der Waals surface area contributed by atoms with Gasteiger partial charge in [0.15, 0.2) is 0 Å². The van der Waals surface area contributed by atoms with Crippen molar-refractivity contribution in [1.82, 2.24) is 4.98 Å². The van der Waals surface area contributed by atoms with E-state index in [0.29, 0.717) is 10.7 Å². The average molecular weight is 337 g/mol. The number of rotatable bonds is 5. The highest BCUT2D eigenvalue weighted by atomic mass is 32.1. The van der Waals surface area contributed by atoms with Crippen LogP contribution in [0, 0.1) is 6.92 Å². The fraction of sp³-hybridized carbons (Fsp3) is 0.0556. The summed E-state index contributed by atoms with van der Waals surface area (Å²) in [5, 5.41) is 15.8. The zero-order valence-corrected chi connectivity index (χ0v) is 13.7. The van der Waals surface area contributed by atoms with Crippen LogP contribution in [0.3, 0.4) is 0 Å². The molecule has 0 aliphatic carbocycles. The van der Waals surface area contributed by atoms with Gasteiger partial charge >= 0.3 is 5.97 Å². The van der Waals surface area contributed by atoms with Crippen molar-refractivity contribution in [3.8, 4) is 11.3 Å². The number of hydrazone groups is 1. The molecule has 2 aromatic carbocycles. The maximum absolute atomic E-state index is 11.1. The Morgan fingerprint density at radius 2 is 1.96 bits per heavy atom. The molecule has 0 radical (unpaired) electrons. The van der Waals surface area contributed by atoms with E-state index < -0.39 is 5.97 Å². The Hall–Kier alpha value is -2.99. The van der Waals surface area contributed by atoms with Crippen molar-refractivity contribution in [2.45, 2.75) is 6.92 Å². The summed E-state index contributed by atoms with van der Waals surface area (Å²) in [4.78, 5) is 15.6. The Balaban J connectivity index is 1.72. The van der Waals surface area contributed by atoms with Gasteiger partial charge in [-0.25, -0.2) is 9.78 Å². The molecule has 1 aromatic heterocycles. The molecular formula is C18H15N3O2S. The lowest BCUT2D eigenvalue weighted by Gasteiger charge is -1.99. The van der Waals surface area contributed by atoms with E-state index in [2.05, 4.69) is 15.5 Å². The van der Waals surface area contributed by atoms with Crippen LogP contribution in [0.1, 0.15) is 21.5 Å². The molecule has 3 aromatic rings. The van der Waals surface area contributed by atoms with Crippen LogP contribution in [0.15, 0.2) is 59.0 Å². The molecule has 0 saturated carbocycles. The molecule has 1 heterocycles. The van der Waals surface area contributed by atoms with Gasteiger partial charge in [-0.2, -0.15) is 5.10 Å². The first-order chi connectivity index (χ1) is 11.6. The molecule has 2 N–H and O–H groups in total. The van der Waals surface area contributed by atoms with Gasteiger partial charge in [-0.1, -0.05) is 48.0 Å². The van der Waals surface area contributed by atoms with Crippen LogP contribution < -0.4 is 5.43 Å². The summed E-state index contributed by atoms with van der Waals surface area (Å²) in [5.74, 6) is -0.979. The van der Waals surface area contributed by atoms with Crippen molar-refractivity contribution in [2.24, 2.45) is 5.10 Å². The Kier molecular flexibility index (Phi) is 4.67. The standard InChI is InChI=1S/C18H15N3O2S/c1-12-6-8-13(9-7-12)16-11-24-18(20-16)21-19-10-14-4-2-3-5-15(14)17(22)23/h2-11H,1H3,(H,20,21)(H,22,23)/b19-10-. The fourth-order valence-electron chi connectivity index (χ4n) is 2.14. The Morgan fingerprint density at radius 3 is 2.71 bits per heavy atom. The summed E-state index contributed by atoms with van der Waals surface area (Å²) in [6.45, 7) is 2.04. The highest BCUT2D eigenvalue weighted by Gasteiger charge is 2.07. The van der Waals surface area contributed by atoms with Crippen molar-refractivity contribution in [3.63, 3.8) is 0 Å². The van der Waals surface area contributed by atoms with Crippen LogP contribution in [-0.4, -0.2) is 22.3 Å². The molecule has 0 saturated heterocycles. The number of carbonyl (C=O) groups is 1. The van der Waals surface area contributed by atoms with Gasteiger partial charge in [-0.3, -0.25) is 5.43 Å². The van der Waals surface area contributed by atoms with Gasteiger partial charge in [0.2, 0.25) is 5.13 Å². The molecule has 0 spiro atoms. The van der Waals surface area contributed by atoms with E-state index >= 15 is 0 Å². The van der Waals surface area contributed by atoms with E-state index in [1.165, 1.54) is 23.1 Å². The van der Waals surface area contributed by atoms with Gasteiger partial charge in [-0.05, 0) is 13.0 Å². The third-order valence-corrected chi connectivity index (χ3v) is 4.15. The molecule has 0 fully saturated rings. The second kappa shape index (κ2) is 7.06. The number of hydrogen-bond donors (Lipinski definition) is 2. The van der Waals surface area contributed by atoms with Gasteiger partial charge in [0.1, 0.15) is 0 Å². The normalized spacial score (nSPS) is 10.9. The number of thiazole rings is 1. The number of carboxylic acid groups (broad SMARTS) is 1. The average Bonchev–Trinajstić information content (AvgIpc) is 3.05. The molecule has 0 aliphatic heterocycles. The van der Waals surface area contributed by atoms with Gasteiger partial charge in [0.25, 0.3) is 0 Å². The SMILES string of the molecule is Cc1ccc(-c2csc(N/N=C\c3ccccc3C(=O)O)n2)cc1. The number of aromatic nitrogens is 1. The molecular weight excluding hydrogens is 322 g/mol. The predicted octanol–water partition coefficient (Wildman–Crippen LogP) is 4.26. The van der Waals surface area contributed by atoms with E-state index in [-0.39, 0.29) is 5.56 Å². The van der Waals surface area contributed by atoms with Gasteiger partial charge in [0, 0.05) is 16.5 Å². The van der Waals surface area contributed by atoms with Crippen LogP contribution in [-0.2, 0) is 0 Å². The second-order valence-corrected chi connectivity index (χ2v) is 6.02. The van der Waals surface area contributed by atoms with Crippen LogP contribution in [0.25, 0.3) is 11.3 Å². The van der Waals surface area contributed by atoms with Gasteiger partial charge < -0.3 is 5.11 Å². The lowest BCUT2D eigenvalue weighted by atomic mass is 10.1. The van der Waals surface area contributed by atoms with Crippen molar-refractivity contribution in [3.05, 3.63) is 70.6 Å². The summed E-state index contributed by atoms with van der Waals surface area (Å²) in [6.07, 6.45) is 1.48.